The van der Waals surface area contributed by atoms with E-state index in [0.717, 1.165) is 47.9 Å². The molecular formula is C30H34ClN3O4. The predicted octanol–water partition coefficient (Wildman–Crippen LogP) is 5.93. The zero-order valence-corrected chi connectivity index (χ0v) is 22.6. The second-order valence-electron chi connectivity index (χ2n) is 11.0. The fraction of sp³-hybridized carbons (Fsp3) is 0.500. The van der Waals surface area contributed by atoms with Crippen LogP contribution >= 0.6 is 11.6 Å². The molecule has 3 atom stereocenters. The van der Waals surface area contributed by atoms with E-state index in [-0.39, 0.29) is 30.4 Å². The van der Waals surface area contributed by atoms with Crippen molar-refractivity contribution in [3.63, 3.8) is 0 Å². The standard InChI is InChI=1S/C30H34ClN3O4/c1-19-7-2-3-8-20(19)30(36)34-16-14-21-23(31)12-13-27(29(21)25(34)17-33-15-6-11-28(33)35)37-18-24-22-9-4-5-10-26(22)38-32-24/h4-5,9-10,12-13,19-20,25H,2-3,6-8,11,14-18H2,1H3/t19-,20+,25+/m0/s1. The number of fused-ring (bicyclic) bond motifs is 2. The fourth-order valence-corrected chi connectivity index (χ4v) is 6.81. The summed E-state index contributed by atoms with van der Waals surface area (Å²) < 4.78 is 11.9. The lowest BCUT2D eigenvalue weighted by molar-refractivity contribution is -0.143. The number of rotatable bonds is 6. The molecule has 0 bridgehead atoms. The third-order valence-corrected chi connectivity index (χ3v) is 9.02. The Morgan fingerprint density at radius 3 is 2.76 bits per heavy atom. The van der Waals surface area contributed by atoms with Crippen molar-refractivity contribution in [2.24, 2.45) is 11.8 Å². The van der Waals surface area contributed by atoms with Crippen molar-refractivity contribution in [2.75, 3.05) is 19.6 Å². The summed E-state index contributed by atoms with van der Waals surface area (Å²) in [6, 6.07) is 11.2. The average Bonchev–Trinajstić information content (AvgIpc) is 3.54. The van der Waals surface area contributed by atoms with Gasteiger partial charge in [0, 0.05) is 47.9 Å². The summed E-state index contributed by atoms with van der Waals surface area (Å²) in [6.07, 6.45) is 6.36. The van der Waals surface area contributed by atoms with E-state index in [2.05, 4.69) is 12.1 Å². The highest BCUT2D eigenvalue weighted by molar-refractivity contribution is 6.31. The first-order chi connectivity index (χ1) is 18.5. The summed E-state index contributed by atoms with van der Waals surface area (Å²) in [6.45, 7) is 4.20. The number of nitrogens with zero attached hydrogens (tertiary/aromatic N) is 3. The molecule has 1 saturated carbocycles. The quantitative estimate of drug-likeness (QED) is 0.391. The molecule has 38 heavy (non-hydrogen) atoms. The first-order valence-corrected chi connectivity index (χ1v) is 14.2. The highest BCUT2D eigenvalue weighted by Crippen LogP contribution is 2.43. The van der Waals surface area contributed by atoms with Gasteiger partial charge in [0.1, 0.15) is 18.1 Å². The molecule has 0 radical (unpaired) electrons. The molecule has 0 spiro atoms. The topological polar surface area (TPSA) is 75.9 Å². The minimum atomic E-state index is -0.301. The van der Waals surface area contributed by atoms with E-state index in [1.807, 2.05) is 46.2 Å². The molecule has 2 amide bonds. The Labute approximate surface area is 228 Å². The molecule has 6 rings (SSSR count). The smallest absolute Gasteiger partial charge is 0.226 e. The molecular weight excluding hydrogens is 502 g/mol. The third-order valence-electron chi connectivity index (χ3n) is 8.67. The molecule has 8 heteroatoms. The number of carbonyl (C=O) groups excluding carboxylic acids is 2. The molecule has 3 aromatic rings. The van der Waals surface area contributed by atoms with Crippen molar-refractivity contribution in [1.82, 2.24) is 15.0 Å². The number of para-hydroxylation sites is 1. The molecule has 2 fully saturated rings. The second kappa shape index (κ2) is 10.6. The van der Waals surface area contributed by atoms with Crippen LogP contribution in [0.15, 0.2) is 40.9 Å². The van der Waals surface area contributed by atoms with Crippen LogP contribution in [0, 0.1) is 11.8 Å². The summed E-state index contributed by atoms with van der Waals surface area (Å²) in [5.74, 6) is 1.42. The lowest BCUT2D eigenvalue weighted by Crippen LogP contribution is -2.49. The third kappa shape index (κ3) is 4.66. The van der Waals surface area contributed by atoms with Gasteiger partial charge in [-0.1, -0.05) is 48.7 Å². The van der Waals surface area contributed by atoms with Gasteiger partial charge in [-0.25, -0.2) is 0 Å². The molecule has 7 nitrogen and oxygen atoms in total. The van der Waals surface area contributed by atoms with E-state index in [1.165, 1.54) is 6.42 Å². The van der Waals surface area contributed by atoms with Crippen LogP contribution in [-0.4, -0.2) is 46.4 Å². The van der Waals surface area contributed by atoms with Crippen molar-refractivity contribution in [2.45, 2.75) is 64.5 Å². The van der Waals surface area contributed by atoms with Crippen molar-refractivity contribution >= 4 is 34.4 Å². The second-order valence-corrected chi connectivity index (χ2v) is 11.4. The van der Waals surface area contributed by atoms with Gasteiger partial charge in [-0.05, 0) is 61.4 Å². The molecule has 0 N–H and O–H groups in total. The van der Waals surface area contributed by atoms with E-state index in [4.69, 9.17) is 20.9 Å². The lowest BCUT2D eigenvalue weighted by atomic mass is 9.78. The van der Waals surface area contributed by atoms with Crippen molar-refractivity contribution in [3.8, 4) is 5.75 Å². The normalized spacial score (nSPS) is 23.6. The number of ether oxygens (including phenoxy) is 1. The minimum absolute atomic E-state index is 0.0205. The van der Waals surface area contributed by atoms with Crippen LogP contribution in [0.2, 0.25) is 5.02 Å². The molecule has 3 heterocycles. The number of amides is 2. The van der Waals surface area contributed by atoms with Crippen LogP contribution in [0.4, 0.5) is 0 Å². The van der Waals surface area contributed by atoms with Gasteiger partial charge in [0.25, 0.3) is 0 Å². The molecule has 1 aromatic heterocycles. The van der Waals surface area contributed by atoms with Crippen LogP contribution in [-0.2, 0) is 22.6 Å². The summed E-state index contributed by atoms with van der Waals surface area (Å²) in [5, 5.41) is 5.81. The van der Waals surface area contributed by atoms with Crippen molar-refractivity contribution in [1.29, 1.82) is 0 Å². The SMILES string of the molecule is C[C@H]1CCCC[C@H]1C(=O)N1CCc2c(Cl)ccc(OCc3noc4ccccc34)c2[C@H]1CN1CCCC1=O. The van der Waals surface area contributed by atoms with E-state index in [1.54, 1.807) is 0 Å². The summed E-state index contributed by atoms with van der Waals surface area (Å²) >= 11 is 6.73. The summed E-state index contributed by atoms with van der Waals surface area (Å²) in [7, 11) is 0. The maximum absolute atomic E-state index is 14.1. The Morgan fingerprint density at radius 1 is 1.11 bits per heavy atom. The average molecular weight is 536 g/mol. The predicted molar refractivity (Wildman–Crippen MR) is 145 cm³/mol. The number of aromatic nitrogens is 1. The van der Waals surface area contributed by atoms with E-state index >= 15 is 0 Å². The Balaban J connectivity index is 1.36. The number of halogens is 1. The first-order valence-electron chi connectivity index (χ1n) is 13.9. The monoisotopic (exact) mass is 535 g/mol. The van der Waals surface area contributed by atoms with Crippen molar-refractivity contribution in [3.05, 3.63) is 58.2 Å². The molecule has 0 unspecified atom stereocenters. The van der Waals surface area contributed by atoms with Gasteiger partial charge in [-0.3, -0.25) is 9.59 Å². The zero-order valence-electron chi connectivity index (χ0n) is 21.8. The number of likely N-dealkylation sites (tertiary alicyclic amines) is 1. The largest absolute Gasteiger partial charge is 0.487 e. The summed E-state index contributed by atoms with van der Waals surface area (Å²) in [4.78, 5) is 30.7. The number of benzene rings is 2. The minimum Gasteiger partial charge on any atom is -0.487 e. The van der Waals surface area contributed by atoms with Gasteiger partial charge < -0.3 is 19.1 Å². The van der Waals surface area contributed by atoms with E-state index in [0.29, 0.717) is 54.7 Å². The van der Waals surface area contributed by atoms with Crippen LogP contribution in [0.3, 0.4) is 0 Å². The van der Waals surface area contributed by atoms with Crippen LogP contribution < -0.4 is 4.74 Å². The zero-order chi connectivity index (χ0) is 26.2. The van der Waals surface area contributed by atoms with Gasteiger partial charge in [0.15, 0.2) is 5.58 Å². The molecule has 3 aliphatic rings. The Bertz CT molecular complexity index is 1350. The number of carbonyl (C=O) groups is 2. The van der Waals surface area contributed by atoms with Gasteiger partial charge in [-0.2, -0.15) is 0 Å². The maximum Gasteiger partial charge on any atom is 0.226 e. The van der Waals surface area contributed by atoms with Crippen LogP contribution in [0.1, 0.15) is 68.3 Å². The number of hydrogen-bond donors (Lipinski definition) is 0. The summed E-state index contributed by atoms with van der Waals surface area (Å²) in [5.41, 5.74) is 3.36. The first kappa shape index (κ1) is 25.2. The molecule has 1 aliphatic carbocycles. The van der Waals surface area contributed by atoms with Gasteiger partial charge in [-0.15, -0.1) is 0 Å². The molecule has 2 aliphatic heterocycles. The van der Waals surface area contributed by atoms with Gasteiger partial charge in [0.2, 0.25) is 11.8 Å². The van der Waals surface area contributed by atoms with Crippen LogP contribution in [0.5, 0.6) is 5.75 Å². The molecule has 2 aromatic carbocycles. The Kier molecular flexibility index (Phi) is 7.04. The lowest BCUT2D eigenvalue weighted by Gasteiger charge is -2.43. The Hall–Kier alpha value is -3.06. The maximum atomic E-state index is 14.1. The molecule has 1 saturated heterocycles. The fourth-order valence-electron chi connectivity index (χ4n) is 6.55. The number of hydrogen-bond acceptors (Lipinski definition) is 5. The van der Waals surface area contributed by atoms with Crippen molar-refractivity contribution < 1.29 is 18.8 Å². The van der Waals surface area contributed by atoms with E-state index < -0.39 is 0 Å². The Morgan fingerprint density at radius 2 is 1.95 bits per heavy atom. The molecule has 200 valence electrons. The van der Waals surface area contributed by atoms with Crippen LogP contribution in [0.25, 0.3) is 11.0 Å². The highest BCUT2D eigenvalue weighted by atomic mass is 35.5. The highest BCUT2D eigenvalue weighted by Gasteiger charge is 2.41. The van der Waals surface area contributed by atoms with Gasteiger partial charge in [0.05, 0.1) is 6.04 Å². The van der Waals surface area contributed by atoms with Gasteiger partial charge >= 0.3 is 0 Å². The van der Waals surface area contributed by atoms with E-state index in [9.17, 15) is 9.59 Å².